The van der Waals surface area contributed by atoms with E-state index in [1.165, 1.54) is 23.1 Å². The summed E-state index contributed by atoms with van der Waals surface area (Å²) in [5.74, 6) is 0.122. The minimum atomic E-state index is -0.171. The lowest BCUT2D eigenvalue weighted by Crippen LogP contribution is -2.12. The number of anilines is 1. The van der Waals surface area contributed by atoms with Gasteiger partial charge in [0.1, 0.15) is 4.88 Å². The van der Waals surface area contributed by atoms with Crippen LogP contribution in [0.3, 0.4) is 0 Å². The van der Waals surface area contributed by atoms with E-state index in [1.807, 2.05) is 30.8 Å². The van der Waals surface area contributed by atoms with Crippen molar-refractivity contribution in [1.29, 1.82) is 0 Å². The predicted molar refractivity (Wildman–Crippen MR) is 108 cm³/mol. The van der Waals surface area contributed by atoms with Crippen LogP contribution in [0.5, 0.6) is 0 Å². The Kier molecular flexibility index (Phi) is 5.70. The molecule has 0 spiro atoms. The molecule has 2 heterocycles. The first-order chi connectivity index (χ1) is 12.3. The van der Waals surface area contributed by atoms with Gasteiger partial charge in [-0.3, -0.25) is 4.79 Å². The Morgan fingerprint density at radius 2 is 2.15 bits per heavy atom. The number of carbonyl (C=O) groups is 1. The number of thiazole rings is 1. The summed E-state index contributed by atoms with van der Waals surface area (Å²) in [6.45, 7) is 6.00. The van der Waals surface area contributed by atoms with Gasteiger partial charge >= 0.3 is 0 Å². The van der Waals surface area contributed by atoms with Gasteiger partial charge < -0.3 is 9.88 Å². The molecule has 1 N–H and O–H groups in total. The van der Waals surface area contributed by atoms with Gasteiger partial charge in [0.15, 0.2) is 5.16 Å². The van der Waals surface area contributed by atoms with Gasteiger partial charge in [0.2, 0.25) is 0 Å². The van der Waals surface area contributed by atoms with E-state index < -0.39 is 0 Å². The maximum Gasteiger partial charge on any atom is 0.267 e. The number of imidazole rings is 1. The molecule has 0 bridgehead atoms. The van der Waals surface area contributed by atoms with Gasteiger partial charge in [-0.15, -0.1) is 11.3 Å². The number of aryl methyl sites for hydroxylation is 2. The first kappa shape index (κ1) is 18.9. The number of nitrogens with zero attached hydrogens (tertiary/aromatic N) is 3. The quantitative estimate of drug-likeness (QED) is 0.619. The first-order valence-electron chi connectivity index (χ1n) is 8.08. The van der Waals surface area contributed by atoms with E-state index in [0.29, 0.717) is 21.5 Å². The number of amides is 1. The molecule has 1 amide bonds. The van der Waals surface area contributed by atoms with Crippen molar-refractivity contribution in [3.05, 3.63) is 51.2 Å². The van der Waals surface area contributed by atoms with E-state index in [0.717, 1.165) is 20.8 Å². The van der Waals surface area contributed by atoms with Gasteiger partial charge in [0.05, 0.1) is 16.4 Å². The lowest BCUT2D eigenvalue weighted by atomic mass is 10.2. The predicted octanol–water partition coefficient (Wildman–Crippen LogP) is 5.37. The summed E-state index contributed by atoms with van der Waals surface area (Å²) in [5, 5.41) is 5.34. The number of rotatable bonds is 5. The number of hydrogen-bond acceptors (Lipinski definition) is 5. The van der Waals surface area contributed by atoms with Crippen molar-refractivity contribution in [2.24, 2.45) is 7.05 Å². The van der Waals surface area contributed by atoms with Crippen molar-refractivity contribution in [3.63, 3.8) is 0 Å². The Labute approximate surface area is 165 Å². The van der Waals surface area contributed by atoms with Gasteiger partial charge in [-0.05, 0) is 36.9 Å². The minimum absolute atomic E-state index is 0.171. The fourth-order valence-electron chi connectivity index (χ4n) is 2.29. The van der Waals surface area contributed by atoms with Crippen molar-refractivity contribution in [2.75, 3.05) is 5.32 Å². The van der Waals surface area contributed by atoms with Crippen LogP contribution in [0.1, 0.15) is 40.1 Å². The summed E-state index contributed by atoms with van der Waals surface area (Å²) in [7, 11) is 1.93. The smallest absolute Gasteiger partial charge is 0.267 e. The second kappa shape index (κ2) is 7.82. The Morgan fingerprint density at radius 3 is 2.77 bits per heavy atom. The van der Waals surface area contributed by atoms with E-state index in [-0.39, 0.29) is 5.91 Å². The zero-order valence-corrected chi connectivity index (χ0v) is 17.3. The van der Waals surface area contributed by atoms with Crippen LogP contribution in [0.4, 0.5) is 5.69 Å². The van der Waals surface area contributed by atoms with Crippen LogP contribution in [0.25, 0.3) is 0 Å². The molecule has 0 saturated carbocycles. The van der Waals surface area contributed by atoms with Gasteiger partial charge in [0.25, 0.3) is 5.91 Å². The first-order valence-corrected chi connectivity index (χ1v) is 10.1. The molecule has 26 heavy (non-hydrogen) atoms. The number of nitrogens with one attached hydrogen (secondary N) is 1. The van der Waals surface area contributed by atoms with E-state index >= 15 is 0 Å². The van der Waals surface area contributed by atoms with Gasteiger partial charge in [-0.2, -0.15) is 0 Å². The van der Waals surface area contributed by atoms with Crippen molar-refractivity contribution in [1.82, 2.24) is 14.5 Å². The van der Waals surface area contributed by atoms with E-state index in [1.54, 1.807) is 18.3 Å². The van der Waals surface area contributed by atoms with Gasteiger partial charge in [0, 0.05) is 35.3 Å². The third kappa shape index (κ3) is 4.11. The zero-order chi connectivity index (χ0) is 18.8. The summed E-state index contributed by atoms with van der Waals surface area (Å²) in [5.41, 5.74) is 1.41. The summed E-state index contributed by atoms with van der Waals surface area (Å²) in [4.78, 5) is 23.1. The molecule has 1 aromatic carbocycles. The fraction of sp³-hybridized carbons (Fsp3) is 0.278. The Balaban J connectivity index is 1.88. The molecule has 0 aliphatic carbocycles. The standard InChI is InChI=1S/C18H19ClN4OS2/c1-10(2)17-21-11(3)15(26-17)16(24)22-13-9-12(19)5-6-14(13)25-18-20-7-8-23(18)4/h5-10H,1-4H3,(H,22,24). The average Bonchev–Trinajstić information content (AvgIpc) is 3.16. The summed E-state index contributed by atoms with van der Waals surface area (Å²) in [6, 6.07) is 5.44. The maximum atomic E-state index is 12.8. The molecule has 0 aliphatic heterocycles. The molecule has 3 aromatic rings. The molecule has 0 fully saturated rings. The SMILES string of the molecule is Cc1nc(C(C)C)sc1C(=O)Nc1cc(Cl)ccc1Sc1nccn1C. The van der Waals surface area contributed by atoms with Crippen LogP contribution in [0, 0.1) is 6.92 Å². The third-order valence-corrected chi connectivity index (χ3v) is 6.53. The number of hydrogen-bond donors (Lipinski definition) is 1. The van der Waals surface area contributed by atoms with Crippen molar-refractivity contribution < 1.29 is 4.79 Å². The highest BCUT2D eigenvalue weighted by Crippen LogP contribution is 2.35. The topological polar surface area (TPSA) is 59.8 Å². The second-order valence-corrected chi connectivity index (χ2v) is 8.61. The molecule has 0 unspecified atom stereocenters. The summed E-state index contributed by atoms with van der Waals surface area (Å²) >= 11 is 9.05. The molecule has 0 radical (unpaired) electrons. The molecule has 8 heteroatoms. The van der Waals surface area contributed by atoms with Gasteiger partial charge in [-0.25, -0.2) is 9.97 Å². The van der Waals surface area contributed by atoms with E-state index in [4.69, 9.17) is 11.6 Å². The van der Waals surface area contributed by atoms with Crippen LogP contribution in [0.15, 0.2) is 40.6 Å². The van der Waals surface area contributed by atoms with Crippen LogP contribution in [0.2, 0.25) is 5.02 Å². The van der Waals surface area contributed by atoms with Crippen molar-refractivity contribution >= 4 is 46.3 Å². The van der Waals surface area contributed by atoms with Crippen molar-refractivity contribution in [2.45, 2.75) is 36.7 Å². The lowest BCUT2D eigenvalue weighted by molar-refractivity contribution is 0.102. The maximum absolute atomic E-state index is 12.8. The minimum Gasteiger partial charge on any atom is -0.329 e. The fourth-order valence-corrected chi connectivity index (χ4v) is 4.30. The summed E-state index contributed by atoms with van der Waals surface area (Å²) in [6.07, 6.45) is 3.62. The van der Waals surface area contributed by atoms with Crippen LogP contribution < -0.4 is 5.32 Å². The molecule has 5 nitrogen and oxygen atoms in total. The molecular formula is C18H19ClN4OS2. The number of halogens is 1. The molecule has 3 rings (SSSR count). The average molecular weight is 407 g/mol. The Morgan fingerprint density at radius 1 is 1.38 bits per heavy atom. The normalized spacial score (nSPS) is 11.2. The van der Waals surface area contributed by atoms with E-state index in [2.05, 4.69) is 29.1 Å². The molecule has 136 valence electrons. The van der Waals surface area contributed by atoms with E-state index in [9.17, 15) is 4.79 Å². The molecule has 0 saturated heterocycles. The number of aromatic nitrogens is 3. The molecule has 0 aliphatic rings. The highest BCUT2D eigenvalue weighted by Gasteiger charge is 2.19. The monoisotopic (exact) mass is 406 g/mol. The lowest BCUT2D eigenvalue weighted by Gasteiger charge is -2.11. The molecular weight excluding hydrogens is 388 g/mol. The molecule has 0 atom stereocenters. The second-order valence-electron chi connectivity index (χ2n) is 6.14. The van der Waals surface area contributed by atoms with Crippen LogP contribution in [-0.4, -0.2) is 20.4 Å². The van der Waals surface area contributed by atoms with Crippen LogP contribution in [-0.2, 0) is 7.05 Å². The number of benzene rings is 1. The largest absolute Gasteiger partial charge is 0.329 e. The Bertz CT molecular complexity index is 949. The molecule has 2 aromatic heterocycles. The van der Waals surface area contributed by atoms with Crippen molar-refractivity contribution in [3.8, 4) is 0 Å². The Hall–Kier alpha value is -1.83. The van der Waals surface area contributed by atoms with Gasteiger partial charge in [-0.1, -0.05) is 25.4 Å². The third-order valence-electron chi connectivity index (χ3n) is 3.68. The number of carbonyl (C=O) groups excluding carboxylic acids is 1. The summed E-state index contributed by atoms with van der Waals surface area (Å²) < 4.78 is 1.92. The highest BCUT2D eigenvalue weighted by atomic mass is 35.5. The highest BCUT2D eigenvalue weighted by molar-refractivity contribution is 7.99. The zero-order valence-electron chi connectivity index (χ0n) is 14.9. The van der Waals surface area contributed by atoms with Crippen LogP contribution >= 0.6 is 34.7 Å².